The van der Waals surface area contributed by atoms with Crippen molar-refractivity contribution in [2.45, 2.75) is 60.2 Å². The second kappa shape index (κ2) is 5.79. The van der Waals surface area contributed by atoms with Gasteiger partial charge >= 0.3 is 0 Å². The molecule has 0 bridgehead atoms. The Morgan fingerprint density at radius 2 is 1.90 bits per heavy atom. The monoisotopic (exact) mass is 275 g/mol. The molecule has 20 heavy (non-hydrogen) atoms. The van der Waals surface area contributed by atoms with Crippen LogP contribution in [0, 0.1) is 20.8 Å². The number of hydrogen-bond acceptors (Lipinski definition) is 3. The van der Waals surface area contributed by atoms with Gasteiger partial charge in [-0.3, -0.25) is 9.36 Å². The van der Waals surface area contributed by atoms with E-state index in [0.29, 0.717) is 0 Å². The Balaban J connectivity index is 2.30. The zero-order chi connectivity index (χ0) is 14.9. The lowest BCUT2D eigenvalue weighted by molar-refractivity contribution is 0.566. The molecule has 1 atom stereocenters. The van der Waals surface area contributed by atoms with Gasteiger partial charge in [-0.15, -0.1) is 0 Å². The summed E-state index contributed by atoms with van der Waals surface area (Å²) >= 11 is 0. The Hall–Kier alpha value is -1.62. The van der Waals surface area contributed by atoms with Crippen molar-refractivity contribution in [2.24, 2.45) is 5.73 Å². The minimum Gasteiger partial charge on any atom is -0.328 e. The molecule has 0 aromatic carbocycles. The molecule has 2 aromatic heterocycles. The largest absolute Gasteiger partial charge is 0.328 e. The van der Waals surface area contributed by atoms with Gasteiger partial charge in [0.1, 0.15) is 0 Å². The van der Waals surface area contributed by atoms with E-state index in [1.54, 1.807) is 0 Å². The van der Waals surface area contributed by atoms with E-state index in [2.05, 4.69) is 41.7 Å². The normalized spacial score (nSPS) is 12.9. The van der Waals surface area contributed by atoms with Crippen molar-refractivity contribution in [2.75, 3.05) is 0 Å². The van der Waals surface area contributed by atoms with Gasteiger partial charge in [0.25, 0.3) is 0 Å². The average molecular weight is 275 g/mol. The van der Waals surface area contributed by atoms with Crippen LogP contribution in [0.1, 0.15) is 42.2 Å². The van der Waals surface area contributed by atoms with E-state index in [1.165, 1.54) is 17.0 Å². The van der Waals surface area contributed by atoms with Crippen molar-refractivity contribution in [3.05, 3.63) is 34.4 Å². The minimum atomic E-state index is 0.161. The molecule has 0 aliphatic rings. The van der Waals surface area contributed by atoms with E-state index >= 15 is 0 Å². The molecule has 2 heterocycles. The van der Waals surface area contributed by atoms with E-state index in [0.717, 1.165) is 30.9 Å². The molecule has 0 amide bonds. The number of nitrogens with zero attached hydrogens (tertiary/aromatic N) is 4. The fourth-order valence-corrected chi connectivity index (χ4v) is 2.66. The Morgan fingerprint density at radius 3 is 2.50 bits per heavy atom. The Kier molecular flexibility index (Phi) is 4.28. The summed E-state index contributed by atoms with van der Waals surface area (Å²) in [5.74, 6) is 0. The number of aromatic nitrogens is 4. The fourth-order valence-electron chi connectivity index (χ4n) is 2.66. The van der Waals surface area contributed by atoms with Crippen LogP contribution >= 0.6 is 0 Å². The van der Waals surface area contributed by atoms with Gasteiger partial charge in [-0.2, -0.15) is 10.2 Å². The van der Waals surface area contributed by atoms with Crippen molar-refractivity contribution in [1.82, 2.24) is 19.6 Å². The maximum Gasteiger partial charge on any atom is 0.0831 e. The smallest absolute Gasteiger partial charge is 0.0831 e. The quantitative estimate of drug-likeness (QED) is 0.907. The van der Waals surface area contributed by atoms with Gasteiger partial charge in [0, 0.05) is 18.3 Å². The molecule has 2 aromatic rings. The van der Waals surface area contributed by atoms with Crippen LogP contribution < -0.4 is 5.73 Å². The van der Waals surface area contributed by atoms with Crippen LogP contribution in [0.25, 0.3) is 0 Å². The van der Waals surface area contributed by atoms with Gasteiger partial charge in [-0.25, -0.2) is 0 Å². The molecule has 1 unspecified atom stereocenters. The summed E-state index contributed by atoms with van der Waals surface area (Å²) in [6.07, 6.45) is 0.879. The molecule has 0 radical (unpaired) electrons. The fraction of sp³-hybridized carbons (Fsp3) is 0.600. The Labute approximate surface area is 120 Å². The van der Waals surface area contributed by atoms with Crippen molar-refractivity contribution in [3.8, 4) is 0 Å². The van der Waals surface area contributed by atoms with E-state index in [4.69, 9.17) is 5.73 Å². The molecular formula is C15H25N5. The van der Waals surface area contributed by atoms with Gasteiger partial charge in [-0.1, -0.05) is 0 Å². The lowest BCUT2D eigenvalue weighted by atomic mass is 10.1. The number of rotatable bonds is 5. The molecule has 5 heteroatoms. The van der Waals surface area contributed by atoms with Crippen molar-refractivity contribution < 1.29 is 0 Å². The van der Waals surface area contributed by atoms with Gasteiger partial charge in [0.05, 0.1) is 23.6 Å². The zero-order valence-corrected chi connectivity index (χ0v) is 13.1. The van der Waals surface area contributed by atoms with E-state index in [9.17, 15) is 0 Å². The van der Waals surface area contributed by atoms with Crippen LogP contribution in [-0.2, 0) is 19.5 Å². The molecule has 2 N–H and O–H groups in total. The lowest BCUT2D eigenvalue weighted by Gasteiger charge is -2.08. The molecule has 0 aliphatic heterocycles. The highest BCUT2D eigenvalue weighted by Crippen LogP contribution is 2.16. The third kappa shape index (κ3) is 2.93. The summed E-state index contributed by atoms with van der Waals surface area (Å²) in [7, 11) is 0. The summed E-state index contributed by atoms with van der Waals surface area (Å²) in [5, 5.41) is 9.15. The maximum absolute atomic E-state index is 5.92. The second-order valence-electron chi connectivity index (χ2n) is 5.58. The topological polar surface area (TPSA) is 61.7 Å². The lowest BCUT2D eigenvalue weighted by Crippen LogP contribution is -2.18. The van der Waals surface area contributed by atoms with E-state index in [-0.39, 0.29) is 6.04 Å². The van der Waals surface area contributed by atoms with Crippen LogP contribution in [-0.4, -0.2) is 25.6 Å². The first-order valence-corrected chi connectivity index (χ1v) is 7.24. The molecular weight excluding hydrogens is 250 g/mol. The standard InChI is InChI=1S/C15H25N5/c1-6-19-14(8-11(3)17-19)9-20-13(5)15(7-10(2)16)12(4)18-20/h8,10H,6-7,9,16H2,1-5H3. The van der Waals surface area contributed by atoms with Crippen LogP contribution in [0.5, 0.6) is 0 Å². The molecule has 110 valence electrons. The molecule has 5 nitrogen and oxygen atoms in total. The van der Waals surface area contributed by atoms with Crippen molar-refractivity contribution in [3.63, 3.8) is 0 Å². The zero-order valence-electron chi connectivity index (χ0n) is 13.1. The second-order valence-corrected chi connectivity index (χ2v) is 5.58. The Bertz CT molecular complexity index is 592. The first kappa shape index (κ1) is 14.8. The van der Waals surface area contributed by atoms with E-state index < -0.39 is 0 Å². The molecule has 0 saturated carbocycles. The molecule has 0 spiro atoms. The van der Waals surface area contributed by atoms with Crippen molar-refractivity contribution >= 4 is 0 Å². The molecule has 0 aliphatic carbocycles. The highest BCUT2D eigenvalue weighted by molar-refractivity contribution is 5.26. The Morgan fingerprint density at radius 1 is 1.20 bits per heavy atom. The van der Waals surface area contributed by atoms with Gasteiger partial charge in [0.15, 0.2) is 0 Å². The predicted octanol–water partition coefficient (Wildman–Crippen LogP) is 1.96. The molecule has 0 fully saturated rings. The maximum atomic E-state index is 5.92. The summed E-state index contributed by atoms with van der Waals surface area (Å²) in [6, 6.07) is 2.29. The highest BCUT2D eigenvalue weighted by Gasteiger charge is 2.14. The summed E-state index contributed by atoms with van der Waals surface area (Å²) in [4.78, 5) is 0. The molecule has 2 rings (SSSR count). The third-order valence-electron chi connectivity index (χ3n) is 3.65. The van der Waals surface area contributed by atoms with Crippen molar-refractivity contribution in [1.29, 1.82) is 0 Å². The summed E-state index contributed by atoms with van der Waals surface area (Å²) in [5.41, 5.74) is 11.7. The first-order valence-electron chi connectivity index (χ1n) is 7.24. The van der Waals surface area contributed by atoms with Crippen LogP contribution in [0.15, 0.2) is 6.07 Å². The third-order valence-corrected chi connectivity index (χ3v) is 3.65. The van der Waals surface area contributed by atoms with E-state index in [1.807, 2.05) is 18.5 Å². The SMILES string of the molecule is CCn1nc(C)cc1Cn1nc(C)c(CC(C)N)c1C. The number of aryl methyl sites for hydroxylation is 3. The molecule has 0 saturated heterocycles. The minimum absolute atomic E-state index is 0.161. The number of hydrogen-bond donors (Lipinski definition) is 1. The summed E-state index contributed by atoms with van der Waals surface area (Å²) in [6.45, 7) is 12.0. The van der Waals surface area contributed by atoms with Crippen LogP contribution in [0.3, 0.4) is 0 Å². The van der Waals surface area contributed by atoms with Crippen LogP contribution in [0.4, 0.5) is 0 Å². The van der Waals surface area contributed by atoms with Gasteiger partial charge in [0.2, 0.25) is 0 Å². The number of nitrogens with two attached hydrogens (primary N) is 1. The van der Waals surface area contributed by atoms with Gasteiger partial charge < -0.3 is 5.73 Å². The van der Waals surface area contributed by atoms with Gasteiger partial charge in [-0.05, 0) is 52.7 Å². The summed E-state index contributed by atoms with van der Waals surface area (Å²) < 4.78 is 4.10. The van der Waals surface area contributed by atoms with Crippen LogP contribution in [0.2, 0.25) is 0 Å². The average Bonchev–Trinajstić information content (AvgIpc) is 2.84. The first-order chi connectivity index (χ1) is 9.42. The predicted molar refractivity (Wildman–Crippen MR) is 80.8 cm³/mol. The highest BCUT2D eigenvalue weighted by atomic mass is 15.3.